The van der Waals surface area contributed by atoms with Crippen molar-refractivity contribution in [1.29, 1.82) is 0 Å². The van der Waals surface area contributed by atoms with Gasteiger partial charge >= 0.3 is 0 Å². The fourth-order valence-corrected chi connectivity index (χ4v) is 2.80. The van der Waals surface area contributed by atoms with Gasteiger partial charge in [0.2, 0.25) is 5.96 Å². The van der Waals surface area contributed by atoms with Crippen molar-refractivity contribution in [2.75, 3.05) is 38.2 Å². The first-order valence-electron chi connectivity index (χ1n) is 7.65. The van der Waals surface area contributed by atoms with Crippen LogP contribution < -0.4 is 24.8 Å². The molecule has 0 saturated heterocycles. The van der Waals surface area contributed by atoms with E-state index >= 15 is 0 Å². The normalized spacial score (nSPS) is 11.7. The number of nitrogens with zero attached hydrogens (tertiary/aromatic N) is 1. The molecule has 8 nitrogen and oxygen atoms in total. The third kappa shape index (κ3) is 5.93. The van der Waals surface area contributed by atoms with Crippen LogP contribution in [-0.2, 0) is 10.0 Å². The molecule has 10 heteroatoms. The Morgan fingerprint density at radius 2 is 1.59 bits per heavy atom. The quantitative estimate of drug-likeness (QED) is 0.554. The van der Waals surface area contributed by atoms with Gasteiger partial charge < -0.3 is 24.8 Å². The molecule has 0 atom stereocenters. The van der Waals surface area contributed by atoms with Crippen LogP contribution in [0, 0.1) is 0 Å². The maximum atomic E-state index is 11.7. The van der Waals surface area contributed by atoms with E-state index in [0.717, 1.165) is 6.26 Å². The fraction of sp³-hybridized carbons (Fsp3) is 0.235. The largest absolute Gasteiger partial charge is 0.497 e. The summed E-state index contributed by atoms with van der Waals surface area (Å²) < 4.78 is 42.6. The standard InChI is InChI=1S/C17H20ClN3O5S/c1-24-12-7-5-11(6-8-12)19-17(21-27(4,22)23)20-14-9-13(18)15(25-2)10-16(14)26-3/h5-10H,1-4H3,(H2,19,20,21). The second-order valence-electron chi connectivity index (χ2n) is 5.34. The lowest BCUT2D eigenvalue weighted by molar-refractivity contribution is 0.396. The molecule has 0 amide bonds. The molecule has 2 rings (SSSR count). The summed E-state index contributed by atoms with van der Waals surface area (Å²) in [6.45, 7) is 0. The summed E-state index contributed by atoms with van der Waals surface area (Å²) in [7, 11) is 0.829. The molecule has 0 aromatic heterocycles. The number of hydrogen-bond acceptors (Lipinski definition) is 5. The Hall–Kier alpha value is -2.65. The van der Waals surface area contributed by atoms with Gasteiger partial charge in [0, 0.05) is 11.8 Å². The Morgan fingerprint density at radius 1 is 0.963 bits per heavy atom. The highest BCUT2D eigenvalue weighted by molar-refractivity contribution is 7.89. The van der Waals surface area contributed by atoms with Gasteiger partial charge in [-0.15, -0.1) is 4.40 Å². The first-order valence-corrected chi connectivity index (χ1v) is 9.88. The number of sulfonamides is 1. The lowest BCUT2D eigenvalue weighted by Crippen LogP contribution is -2.24. The minimum atomic E-state index is -3.68. The zero-order valence-electron chi connectivity index (χ0n) is 15.2. The molecule has 2 aromatic rings. The van der Waals surface area contributed by atoms with Crippen molar-refractivity contribution >= 4 is 39.0 Å². The van der Waals surface area contributed by atoms with Gasteiger partial charge in [-0.25, -0.2) is 8.42 Å². The number of halogens is 1. The van der Waals surface area contributed by atoms with E-state index in [1.807, 2.05) is 0 Å². The van der Waals surface area contributed by atoms with E-state index in [1.54, 1.807) is 43.5 Å². The summed E-state index contributed by atoms with van der Waals surface area (Å²) in [6, 6.07) is 10.0. The molecule has 0 radical (unpaired) electrons. The van der Waals surface area contributed by atoms with Crippen molar-refractivity contribution in [2.24, 2.45) is 4.40 Å². The molecule has 0 heterocycles. The van der Waals surface area contributed by atoms with Crippen LogP contribution in [0.4, 0.5) is 11.4 Å². The smallest absolute Gasteiger partial charge is 0.253 e. The molecule has 0 saturated carbocycles. The summed E-state index contributed by atoms with van der Waals surface area (Å²) in [5, 5.41) is 6.12. The summed E-state index contributed by atoms with van der Waals surface area (Å²) in [4.78, 5) is 0. The van der Waals surface area contributed by atoms with E-state index in [1.165, 1.54) is 14.2 Å². The predicted octanol–water partition coefficient (Wildman–Crippen LogP) is 3.21. The van der Waals surface area contributed by atoms with Gasteiger partial charge in [-0.2, -0.15) is 0 Å². The average Bonchev–Trinajstić information content (AvgIpc) is 2.61. The van der Waals surface area contributed by atoms with Crippen LogP contribution in [0.25, 0.3) is 0 Å². The van der Waals surface area contributed by atoms with Crippen LogP contribution in [0.2, 0.25) is 5.02 Å². The van der Waals surface area contributed by atoms with Crippen molar-refractivity contribution in [3.8, 4) is 17.2 Å². The highest BCUT2D eigenvalue weighted by atomic mass is 35.5. The Bertz CT molecular complexity index is 930. The van der Waals surface area contributed by atoms with Gasteiger partial charge in [0.25, 0.3) is 10.0 Å². The molecule has 0 unspecified atom stereocenters. The molecule has 0 aliphatic rings. The molecule has 0 spiro atoms. The molecule has 2 aromatic carbocycles. The van der Waals surface area contributed by atoms with E-state index < -0.39 is 10.0 Å². The number of anilines is 2. The lowest BCUT2D eigenvalue weighted by atomic mass is 10.2. The zero-order chi connectivity index (χ0) is 20.0. The molecule has 0 fully saturated rings. The van der Waals surface area contributed by atoms with Crippen LogP contribution >= 0.6 is 11.6 Å². The summed E-state index contributed by atoms with van der Waals surface area (Å²) >= 11 is 6.16. The number of hydrogen-bond donors (Lipinski definition) is 2. The van der Waals surface area contributed by atoms with Gasteiger partial charge in [0.05, 0.1) is 38.3 Å². The van der Waals surface area contributed by atoms with Crippen molar-refractivity contribution in [3.63, 3.8) is 0 Å². The van der Waals surface area contributed by atoms with Crippen LogP contribution in [0.15, 0.2) is 40.8 Å². The van der Waals surface area contributed by atoms with Crippen molar-refractivity contribution in [3.05, 3.63) is 41.4 Å². The highest BCUT2D eigenvalue weighted by Crippen LogP contribution is 2.36. The van der Waals surface area contributed by atoms with E-state index in [4.69, 9.17) is 25.8 Å². The fourth-order valence-electron chi connectivity index (χ4n) is 2.14. The van der Waals surface area contributed by atoms with Crippen molar-refractivity contribution in [1.82, 2.24) is 0 Å². The van der Waals surface area contributed by atoms with Gasteiger partial charge in [-0.05, 0) is 30.3 Å². The maximum absolute atomic E-state index is 11.7. The molecule has 2 N–H and O–H groups in total. The minimum Gasteiger partial charge on any atom is -0.497 e. The molecule has 27 heavy (non-hydrogen) atoms. The minimum absolute atomic E-state index is 0.0257. The van der Waals surface area contributed by atoms with Crippen molar-refractivity contribution < 1.29 is 22.6 Å². The van der Waals surface area contributed by atoms with E-state index in [9.17, 15) is 8.42 Å². The highest BCUT2D eigenvalue weighted by Gasteiger charge is 2.13. The Balaban J connectivity index is 2.38. The topological polar surface area (TPSA) is 98.2 Å². The van der Waals surface area contributed by atoms with E-state index in [0.29, 0.717) is 33.6 Å². The summed E-state index contributed by atoms with van der Waals surface area (Å²) in [6.07, 6.45) is 0.989. The average molecular weight is 414 g/mol. The Morgan fingerprint density at radius 3 is 2.11 bits per heavy atom. The molecule has 146 valence electrons. The monoisotopic (exact) mass is 413 g/mol. The second-order valence-corrected chi connectivity index (χ2v) is 7.39. The van der Waals surface area contributed by atoms with Crippen molar-refractivity contribution in [2.45, 2.75) is 0 Å². The van der Waals surface area contributed by atoms with E-state index in [-0.39, 0.29) is 5.96 Å². The molecule has 0 bridgehead atoms. The predicted molar refractivity (Wildman–Crippen MR) is 107 cm³/mol. The van der Waals surface area contributed by atoms with Crippen LogP contribution in [0.3, 0.4) is 0 Å². The first-order chi connectivity index (χ1) is 12.8. The molecular weight excluding hydrogens is 394 g/mol. The maximum Gasteiger partial charge on any atom is 0.253 e. The van der Waals surface area contributed by atoms with Crippen LogP contribution in [0.5, 0.6) is 17.2 Å². The van der Waals surface area contributed by atoms with Gasteiger partial charge in [-0.3, -0.25) is 0 Å². The SMILES string of the molecule is COc1ccc(N/C(=N/S(C)(=O)=O)Nc2cc(Cl)c(OC)cc2OC)cc1. The molecular formula is C17H20ClN3O5S. The van der Waals surface area contributed by atoms with Crippen LogP contribution in [0.1, 0.15) is 0 Å². The zero-order valence-corrected chi connectivity index (χ0v) is 16.8. The Labute approximate surface area is 163 Å². The van der Waals surface area contributed by atoms with Gasteiger partial charge in [0.15, 0.2) is 0 Å². The Kier molecular flexibility index (Phi) is 6.75. The number of rotatable bonds is 6. The third-order valence-electron chi connectivity index (χ3n) is 3.34. The lowest BCUT2D eigenvalue weighted by Gasteiger charge is -2.16. The number of nitrogens with one attached hydrogen (secondary N) is 2. The van der Waals surface area contributed by atoms with Gasteiger partial charge in [0.1, 0.15) is 17.2 Å². The summed E-state index contributed by atoms with van der Waals surface area (Å²) in [5.41, 5.74) is 1.01. The second kappa shape index (κ2) is 8.83. The number of methoxy groups -OCH3 is 3. The van der Waals surface area contributed by atoms with Gasteiger partial charge in [-0.1, -0.05) is 11.6 Å². The third-order valence-corrected chi connectivity index (χ3v) is 4.15. The van der Waals surface area contributed by atoms with E-state index in [2.05, 4.69) is 15.0 Å². The first kappa shape index (κ1) is 20.7. The molecule has 0 aliphatic heterocycles. The summed E-state index contributed by atoms with van der Waals surface area (Å²) in [5.74, 6) is 1.46. The number of benzene rings is 2. The van der Waals surface area contributed by atoms with Crippen LogP contribution in [-0.4, -0.2) is 42.0 Å². The molecule has 0 aliphatic carbocycles. The number of ether oxygens (including phenoxy) is 3. The number of guanidine groups is 1.